The number of hydrogen-bond acceptors (Lipinski definition) is 5. The number of thiophene rings is 1. The SMILES string of the molecule is Cc1ccc2c(c1)CN(CC(=O)NCc1cn3c(C)cccc3n1)CC(c1ccsc1)O2. The summed E-state index contributed by atoms with van der Waals surface area (Å²) in [5.74, 6) is 0.883. The molecule has 6 nitrogen and oxygen atoms in total. The molecule has 4 heterocycles. The number of nitrogens with one attached hydrogen (secondary N) is 1. The zero-order chi connectivity index (χ0) is 22.1. The number of pyridine rings is 1. The van der Waals surface area contributed by atoms with E-state index in [0.29, 0.717) is 26.2 Å². The molecule has 7 heteroatoms. The highest BCUT2D eigenvalue weighted by Crippen LogP contribution is 2.32. The number of aryl methyl sites for hydroxylation is 2. The minimum atomic E-state index is -0.0978. The van der Waals surface area contributed by atoms with Crippen molar-refractivity contribution in [3.63, 3.8) is 0 Å². The maximum Gasteiger partial charge on any atom is 0.234 e. The van der Waals surface area contributed by atoms with E-state index < -0.39 is 0 Å². The van der Waals surface area contributed by atoms with E-state index in [-0.39, 0.29) is 12.0 Å². The number of amides is 1. The van der Waals surface area contributed by atoms with Crippen LogP contribution in [0.2, 0.25) is 0 Å². The van der Waals surface area contributed by atoms with E-state index in [1.165, 1.54) is 5.56 Å². The first kappa shape index (κ1) is 20.7. The summed E-state index contributed by atoms with van der Waals surface area (Å²) in [6, 6.07) is 14.4. The molecule has 32 heavy (non-hydrogen) atoms. The van der Waals surface area contributed by atoms with Crippen LogP contribution in [0.4, 0.5) is 0 Å². The molecule has 3 aromatic heterocycles. The van der Waals surface area contributed by atoms with Crippen LogP contribution < -0.4 is 10.1 Å². The second-order valence-electron chi connectivity index (χ2n) is 8.35. The third-order valence-corrected chi connectivity index (χ3v) is 6.50. The molecule has 1 aliphatic rings. The highest BCUT2D eigenvalue weighted by atomic mass is 32.1. The molecule has 1 atom stereocenters. The Kier molecular flexibility index (Phi) is 5.68. The van der Waals surface area contributed by atoms with Gasteiger partial charge in [0.25, 0.3) is 0 Å². The van der Waals surface area contributed by atoms with Crippen molar-refractivity contribution in [1.29, 1.82) is 0 Å². The molecule has 164 valence electrons. The molecule has 1 aliphatic heterocycles. The molecule has 0 saturated heterocycles. The monoisotopic (exact) mass is 446 g/mol. The van der Waals surface area contributed by atoms with Gasteiger partial charge in [-0.2, -0.15) is 11.3 Å². The topological polar surface area (TPSA) is 58.9 Å². The molecule has 4 aromatic rings. The molecule has 5 rings (SSSR count). The predicted octanol–water partition coefficient (Wildman–Crippen LogP) is 4.26. The van der Waals surface area contributed by atoms with E-state index in [1.807, 2.05) is 41.8 Å². The van der Waals surface area contributed by atoms with Gasteiger partial charge in [0.05, 0.1) is 18.8 Å². The Labute approximate surface area is 191 Å². The molecule has 1 unspecified atom stereocenters. The third kappa shape index (κ3) is 4.40. The summed E-state index contributed by atoms with van der Waals surface area (Å²) in [7, 11) is 0. The average molecular weight is 447 g/mol. The number of hydrogen-bond donors (Lipinski definition) is 1. The first-order chi connectivity index (χ1) is 15.5. The zero-order valence-corrected chi connectivity index (χ0v) is 19.1. The van der Waals surface area contributed by atoms with Gasteiger partial charge in [0.15, 0.2) is 0 Å². The lowest BCUT2D eigenvalue weighted by Crippen LogP contribution is -2.38. The van der Waals surface area contributed by atoms with Crippen LogP contribution in [0.3, 0.4) is 0 Å². The Morgan fingerprint density at radius 2 is 2.16 bits per heavy atom. The minimum Gasteiger partial charge on any atom is -0.484 e. The smallest absolute Gasteiger partial charge is 0.234 e. The van der Waals surface area contributed by atoms with E-state index in [1.54, 1.807) is 11.3 Å². The second kappa shape index (κ2) is 8.76. The van der Waals surface area contributed by atoms with Crippen molar-refractivity contribution in [2.45, 2.75) is 33.0 Å². The van der Waals surface area contributed by atoms with E-state index in [9.17, 15) is 4.79 Å². The van der Waals surface area contributed by atoms with Gasteiger partial charge in [-0.3, -0.25) is 9.69 Å². The fourth-order valence-electron chi connectivity index (χ4n) is 4.16. The van der Waals surface area contributed by atoms with Crippen LogP contribution in [0.5, 0.6) is 5.75 Å². The summed E-state index contributed by atoms with van der Waals surface area (Å²) >= 11 is 1.66. The first-order valence-electron chi connectivity index (χ1n) is 10.8. The van der Waals surface area contributed by atoms with Gasteiger partial charge in [0.2, 0.25) is 5.91 Å². The van der Waals surface area contributed by atoms with E-state index in [0.717, 1.165) is 33.9 Å². The average Bonchev–Trinajstić information content (AvgIpc) is 3.41. The zero-order valence-electron chi connectivity index (χ0n) is 18.2. The number of benzene rings is 1. The van der Waals surface area contributed by atoms with Gasteiger partial charge in [-0.1, -0.05) is 23.8 Å². The minimum absolute atomic E-state index is 0.0149. The number of fused-ring (bicyclic) bond motifs is 2. The Morgan fingerprint density at radius 1 is 1.25 bits per heavy atom. The van der Waals surface area contributed by atoms with Gasteiger partial charge >= 0.3 is 0 Å². The van der Waals surface area contributed by atoms with Crippen LogP contribution in [0.15, 0.2) is 59.4 Å². The van der Waals surface area contributed by atoms with Gasteiger partial charge in [0.1, 0.15) is 17.5 Å². The lowest BCUT2D eigenvalue weighted by molar-refractivity contribution is -0.122. The number of imidazole rings is 1. The van der Waals surface area contributed by atoms with Crippen molar-refractivity contribution in [2.75, 3.05) is 13.1 Å². The van der Waals surface area contributed by atoms with Crippen LogP contribution >= 0.6 is 11.3 Å². The Hall–Kier alpha value is -3.16. The van der Waals surface area contributed by atoms with Crippen LogP contribution in [0.25, 0.3) is 5.65 Å². The van der Waals surface area contributed by atoms with E-state index in [4.69, 9.17) is 4.74 Å². The standard InChI is InChI=1S/C25H26N4O2S/c1-17-6-7-22-20(10-17)12-28(14-23(31-22)19-8-9-32-16-19)15-25(30)26-11-21-13-29-18(2)4-3-5-24(29)27-21/h3-10,13,16,23H,11-12,14-15H2,1-2H3,(H,26,30). The van der Waals surface area contributed by atoms with Crippen molar-refractivity contribution in [1.82, 2.24) is 19.6 Å². The Bertz CT molecular complexity index is 1250. The highest BCUT2D eigenvalue weighted by molar-refractivity contribution is 7.07. The molecule has 1 amide bonds. The third-order valence-electron chi connectivity index (χ3n) is 5.80. The van der Waals surface area contributed by atoms with Crippen molar-refractivity contribution in [3.8, 4) is 5.75 Å². The number of carbonyl (C=O) groups excluding carboxylic acids is 1. The number of ether oxygens (including phenoxy) is 1. The Morgan fingerprint density at radius 3 is 2.97 bits per heavy atom. The van der Waals surface area contributed by atoms with Gasteiger partial charge < -0.3 is 14.5 Å². The predicted molar refractivity (Wildman–Crippen MR) is 126 cm³/mol. The maximum atomic E-state index is 12.8. The lowest BCUT2D eigenvalue weighted by Gasteiger charge is -2.23. The second-order valence-corrected chi connectivity index (χ2v) is 9.13. The van der Waals surface area contributed by atoms with E-state index in [2.05, 4.69) is 51.1 Å². The molecule has 0 aliphatic carbocycles. The van der Waals surface area contributed by atoms with Gasteiger partial charge in [-0.15, -0.1) is 0 Å². The largest absolute Gasteiger partial charge is 0.484 e. The normalized spacial score (nSPS) is 16.4. The summed E-state index contributed by atoms with van der Waals surface area (Å²) in [5.41, 5.74) is 6.31. The molecular formula is C25H26N4O2S. The summed E-state index contributed by atoms with van der Waals surface area (Å²) in [6.45, 7) is 6.18. The lowest BCUT2D eigenvalue weighted by atomic mass is 10.1. The molecule has 0 saturated carbocycles. The van der Waals surface area contributed by atoms with E-state index >= 15 is 0 Å². The number of nitrogens with zero attached hydrogens (tertiary/aromatic N) is 3. The van der Waals surface area contributed by atoms with Crippen molar-refractivity contribution >= 4 is 22.9 Å². The van der Waals surface area contributed by atoms with Gasteiger partial charge in [-0.05, 0) is 48.9 Å². The summed E-state index contributed by atoms with van der Waals surface area (Å²) in [5, 5.41) is 7.22. The molecule has 0 radical (unpaired) electrons. The van der Waals surface area contributed by atoms with Crippen LogP contribution in [0, 0.1) is 13.8 Å². The molecule has 1 aromatic carbocycles. The van der Waals surface area contributed by atoms with Gasteiger partial charge in [0, 0.05) is 36.1 Å². The highest BCUT2D eigenvalue weighted by Gasteiger charge is 2.26. The Balaban J connectivity index is 1.29. The maximum absolute atomic E-state index is 12.8. The molecule has 1 N–H and O–H groups in total. The molecule has 0 fully saturated rings. The quantitative estimate of drug-likeness (QED) is 0.498. The van der Waals surface area contributed by atoms with Crippen molar-refractivity contribution in [3.05, 3.63) is 87.5 Å². The van der Waals surface area contributed by atoms with Gasteiger partial charge in [-0.25, -0.2) is 4.98 Å². The number of rotatable bonds is 5. The summed E-state index contributed by atoms with van der Waals surface area (Å²) in [6.07, 6.45) is 1.88. The van der Waals surface area contributed by atoms with Crippen LogP contribution in [-0.4, -0.2) is 33.3 Å². The summed E-state index contributed by atoms with van der Waals surface area (Å²) < 4.78 is 8.40. The first-order valence-corrected chi connectivity index (χ1v) is 11.7. The number of aromatic nitrogens is 2. The van der Waals surface area contributed by atoms with Crippen molar-refractivity contribution in [2.24, 2.45) is 0 Å². The summed E-state index contributed by atoms with van der Waals surface area (Å²) in [4.78, 5) is 19.6. The molecule has 0 spiro atoms. The van der Waals surface area contributed by atoms with Crippen molar-refractivity contribution < 1.29 is 9.53 Å². The molecular weight excluding hydrogens is 420 g/mol. The van der Waals surface area contributed by atoms with Crippen LogP contribution in [0.1, 0.15) is 34.2 Å². The molecule has 0 bridgehead atoms. The number of carbonyl (C=O) groups is 1. The van der Waals surface area contributed by atoms with Crippen LogP contribution in [-0.2, 0) is 17.9 Å². The fraction of sp³-hybridized carbons (Fsp3) is 0.280. The fourth-order valence-corrected chi connectivity index (χ4v) is 4.86.